The fourth-order valence-corrected chi connectivity index (χ4v) is 1.52. The molecule has 22 heavy (non-hydrogen) atoms. The van der Waals surface area contributed by atoms with Crippen LogP contribution in [0.25, 0.3) is 0 Å². The monoisotopic (exact) mass is 328 g/mol. The molecule has 0 bridgehead atoms. The average molecular weight is 328 g/mol. The Morgan fingerprint density at radius 1 is 0.909 bits per heavy atom. The van der Waals surface area contributed by atoms with E-state index < -0.39 is 19.8 Å². The van der Waals surface area contributed by atoms with E-state index in [0.717, 1.165) is 0 Å². The van der Waals surface area contributed by atoms with Crippen LogP contribution < -0.4 is 23.8 Å². The third-order valence-corrected chi connectivity index (χ3v) is 2.83. The molecule has 0 radical (unpaired) electrons. The van der Waals surface area contributed by atoms with Crippen molar-refractivity contribution in [2.24, 2.45) is 0 Å². The van der Waals surface area contributed by atoms with Gasteiger partial charge in [-0.25, -0.2) is 9.59 Å². The van der Waals surface area contributed by atoms with Gasteiger partial charge in [0.15, 0.2) is 0 Å². The van der Waals surface area contributed by atoms with Crippen molar-refractivity contribution < 1.29 is 56.4 Å². The number of ether oxygens (including phenoxy) is 2. The first-order valence-electron chi connectivity index (χ1n) is 5.91. The smallest absolute Gasteiger partial charge is 0.756 e. The molecule has 0 aromatic carbocycles. The summed E-state index contributed by atoms with van der Waals surface area (Å²) in [6.45, 7) is 8.34. The molecule has 0 saturated carbocycles. The number of phosphoric acid groups is 1. The van der Waals surface area contributed by atoms with Gasteiger partial charge in [0.05, 0.1) is 13.2 Å². The molecule has 0 aromatic rings. The van der Waals surface area contributed by atoms with Gasteiger partial charge >= 0.3 is 30.8 Å². The van der Waals surface area contributed by atoms with Crippen LogP contribution in [-0.2, 0) is 32.7 Å². The summed E-state index contributed by atoms with van der Waals surface area (Å²) in [6, 6.07) is 0. The molecule has 0 fully saturated rings. The molecular formula is C12H18LiO8P. The Balaban J connectivity index is 0. The summed E-state index contributed by atoms with van der Waals surface area (Å²) in [5.41, 5.74) is 0.381. The van der Waals surface area contributed by atoms with Crippen molar-refractivity contribution in [3.8, 4) is 0 Å². The minimum atomic E-state index is -4.54. The van der Waals surface area contributed by atoms with Gasteiger partial charge in [-0.15, -0.1) is 0 Å². The van der Waals surface area contributed by atoms with Crippen molar-refractivity contribution in [3.63, 3.8) is 0 Å². The molecule has 120 valence electrons. The minimum Gasteiger partial charge on any atom is -0.756 e. The van der Waals surface area contributed by atoms with Gasteiger partial charge in [0.1, 0.15) is 13.2 Å². The summed E-state index contributed by atoms with van der Waals surface area (Å²) >= 11 is 0. The summed E-state index contributed by atoms with van der Waals surface area (Å²) < 4.78 is 29.4. The first-order chi connectivity index (χ1) is 9.65. The molecule has 0 aromatic heterocycles. The molecule has 0 atom stereocenters. The maximum absolute atomic E-state index is 11.3. The van der Waals surface area contributed by atoms with E-state index in [1.807, 2.05) is 0 Å². The maximum Gasteiger partial charge on any atom is 1.00 e. The second-order valence-corrected chi connectivity index (χ2v) is 5.36. The first-order valence-corrected chi connectivity index (χ1v) is 7.37. The van der Waals surface area contributed by atoms with Gasteiger partial charge in [0.2, 0.25) is 0 Å². The van der Waals surface area contributed by atoms with Crippen LogP contribution >= 0.6 is 7.82 Å². The van der Waals surface area contributed by atoms with E-state index in [0.29, 0.717) is 0 Å². The van der Waals surface area contributed by atoms with Crippen molar-refractivity contribution in [1.29, 1.82) is 0 Å². The van der Waals surface area contributed by atoms with Crippen molar-refractivity contribution in [3.05, 3.63) is 24.3 Å². The van der Waals surface area contributed by atoms with E-state index in [1.165, 1.54) is 13.8 Å². The molecule has 0 aliphatic rings. The van der Waals surface area contributed by atoms with Crippen molar-refractivity contribution in [2.45, 2.75) is 13.8 Å². The van der Waals surface area contributed by atoms with Crippen molar-refractivity contribution in [2.75, 3.05) is 26.4 Å². The third kappa shape index (κ3) is 11.8. The molecular weight excluding hydrogens is 310 g/mol. The van der Waals surface area contributed by atoms with Gasteiger partial charge in [-0.2, -0.15) is 0 Å². The van der Waals surface area contributed by atoms with Gasteiger partial charge in [-0.3, -0.25) is 4.57 Å². The molecule has 0 N–H and O–H groups in total. The molecule has 0 rings (SSSR count). The number of phosphoric ester groups is 1. The minimum absolute atomic E-state index is 0. The molecule has 0 aliphatic carbocycles. The predicted octanol–water partition coefficient (Wildman–Crippen LogP) is -2.27. The Bertz CT molecular complexity index is 424. The topological polar surface area (TPSA) is 111 Å². The van der Waals surface area contributed by atoms with Gasteiger partial charge in [-0.1, -0.05) is 13.2 Å². The Morgan fingerprint density at radius 3 is 1.50 bits per heavy atom. The summed E-state index contributed by atoms with van der Waals surface area (Å²) in [6.07, 6.45) is 0. The van der Waals surface area contributed by atoms with Crippen LogP contribution in [0.4, 0.5) is 0 Å². The van der Waals surface area contributed by atoms with Crippen LogP contribution in [0, 0.1) is 0 Å². The molecule has 0 aliphatic heterocycles. The number of rotatable bonds is 10. The Hall–Kier alpha value is -0.873. The zero-order valence-corrected chi connectivity index (χ0v) is 13.9. The first kappa shape index (κ1) is 23.4. The number of hydrogen-bond acceptors (Lipinski definition) is 8. The van der Waals surface area contributed by atoms with Gasteiger partial charge in [0.25, 0.3) is 7.82 Å². The van der Waals surface area contributed by atoms with Crippen LogP contribution in [-0.4, -0.2) is 38.4 Å². The van der Waals surface area contributed by atoms with E-state index >= 15 is 0 Å². The number of carbonyl (C=O) groups is 2. The second-order valence-electron chi connectivity index (χ2n) is 3.95. The van der Waals surface area contributed by atoms with Gasteiger partial charge in [0, 0.05) is 11.1 Å². The quantitative estimate of drug-likeness (QED) is 0.145. The largest absolute Gasteiger partial charge is 1.00 e. The SMILES string of the molecule is C=C(C)C(=O)OCCOP(=O)([O-])OCCOC(=O)C(=C)C.[Li+]. The molecule has 0 saturated heterocycles. The van der Waals surface area contributed by atoms with Gasteiger partial charge in [-0.05, 0) is 13.8 Å². The molecule has 0 amide bonds. The van der Waals surface area contributed by atoms with Crippen LogP contribution in [0.5, 0.6) is 0 Å². The fourth-order valence-electron chi connectivity index (χ4n) is 0.851. The predicted molar refractivity (Wildman–Crippen MR) is 71.1 cm³/mol. The van der Waals surface area contributed by atoms with Crippen LogP contribution in [0.3, 0.4) is 0 Å². The van der Waals surface area contributed by atoms with E-state index in [1.54, 1.807) is 0 Å². The molecule has 0 unspecified atom stereocenters. The molecule has 8 nitrogen and oxygen atoms in total. The van der Waals surface area contributed by atoms with E-state index in [-0.39, 0.29) is 56.4 Å². The average Bonchev–Trinajstić information content (AvgIpc) is 2.38. The fraction of sp³-hybridized carbons (Fsp3) is 0.500. The molecule has 10 heteroatoms. The zero-order valence-electron chi connectivity index (χ0n) is 13.0. The number of esters is 2. The van der Waals surface area contributed by atoms with Crippen molar-refractivity contribution in [1.82, 2.24) is 0 Å². The standard InChI is InChI=1S/C12H19O8P.Li/c1-9(2)11(13)17-5-7-19-21(15,16)20-8-6-18-12(14)10(3)4;/h1,3,5-8H2,2,4H3,(H,15,16);/q;+1/p-1. The van der Waals surface area contributed by atoms with Crippen LogP contribution in [0.1, 0.15) is 13.8 Å². The van der Waals surface area contributed by atoms with Gasteiger partial charge < -0.3 is 23.4 Å². The van der Waals surface area contributed by atoms with Crippen LogP contribution in [0.15, 0.2) is 24.3 Å². The molecule has 0 heterocycles. The Kier molecular flexibility index (Phi) is 12.4. The zero-order chi connectivity index (χ0) is 16.5. The number of hydrogen-bond donors (Lipinski definition) is 0. The Morgan fingerprint density at radius 2 is 1.23 bits per heavy atom. The van der Waals surface area contributed by atoms with Crippen molar-refractivity contribution >= 4 is 19.8 Å². The summed E-state index contributed by atoms with van der Waals surface area (Å²) in [5, 5.41) is 0. The summed E-state index contributed by atoms with van der Waals surface area (Å²) in [4.78, 5) is 33.2. The third-order valence-electron chi connectivity index (χ3n) is 1.83. The van der Waals surface area contributed by atoms with E-state index in [4.69, 9.17) is 0 Å². The maximum atomic E-state index is 11.3. The normalized spacial score (nSPS) is 10.3. The summed E-state index contributed by atoms with van der Waals surface area (Å²) in [7, 11) is -4.54. The second kappa shape index (κ2) is 11.7. The van der Waals surface area contributed by atoms with Crippen LogP contribution in [0.2, 0.25) is 0 Å². The van der Waals surface area contributed by atoms with E-state index in [9.17, 15) is 19.0 Å². The summed E-state index contributed by atoms with van der Waals surface area (Å²) in [5.74, 6) is -1.29. The Labute approximate surface area is 141 Å². The molecule has 0 spiro atoms. The number of carbonyl (C=O) groups excluding carboxylic acids is 2. The van der Waals surface area contributed by atoms with E-state index in [2.05, 4.69) is 31.7 Å².